The third kappa shape index (κ3) is 19.5. The molecule has 0 saturated carbocycles. The van der Waals surface area contributed by atoms with Crippen LogP contribution in [0.15, 0.2) is 0 Å². The Morgan fingerprint density at radius 3 is 1.42 bits per heavy atom. The van der Waals surface area contributed by atoms with Crippen LogP contribution in [0.4, 0.5) is 0 Å². The second-order valence-electron chi connectivity index (χ2n) is 7.06. The van der Waals surface area contributed by atoms with E-state index >= 15 is 0 Å². The van der Waals surface area contributed by atoms with E-state index in [2.05, 4.69) is 17.0 Å². The van der Waals surface area contributed by atoms with Gasteiger partial charge in [-0.15, -0.1) is 0 Å². The first-order valence-corrected chi connectivity index (χ1v) is 10.6. The van der Waals surface area contributed by atoms with Crippen LogP contribution in [-0.4, -0.2) is 26.2 Å². The number of hydrogen-bond acceptors (Lipinski definition) is 3. The fourth-order valence-electron chi connectivity index (χ4n) is 3.06. The van der Waals surface area contributed by atoms with Crippen LogP contribution in [0.5, 0.6) is 0 Å². The molecule has 0 spiro atoms. The van der Waals surface area contributed by atoms with Crippen LogP contribution in [0.1, 0.15) is 110 Å². The highest BCUT2D eigenvalue weighted by Crippen LogP contribution is 2.13. The minimum Gasteiger partial charge on any atom is -0.468 e. The average Bonchev–Trinajstić information content (AvgIpc) is 2.60. The second kappa shape index (κ2) is 20.5. The Hall–Kier alpha value is -0.570. The Kier molecular flexibility index (Phi) is 20.0. The van der Waals surface area contributed by atoms with Gasteiger partial charge in [0.1, 0.15) is 0 Å². The topological polar surface area (TPSA) is 38.3 Å². The fraction of sp³-hybridized carbons (Fsp3) is 0.952. The standard InChI is InChI=1S/C21H43NO2/c1-3-4-5-6-7-8-9-10-11-12-13-14-15-16-17-18-19-22-20-21(23)24-2/h22H,3-20H2,1-2H3. The molecule has 0 bridgehead atoms. The van der Waals surface area contributed by atoms with Gasteiger partial charge in [-0.25, -0.2) is 0 Å². The number of carbonyl (C=O) groups is 1. The Bertz CT molecular complexity index is 256. The summed E-state index contributed by atoms with van der Waals surface area (Å²) in [5.74, 6) is -0.175. The first kappa shape index (κ1) is 23.4. The van der Waals surface area contributed by atoms with E-state index in [1.807, 2.05) is 0 Å². The van der Waals surface area contributed by atoms with Crippen molar-refractivity contribution in [1.82, 2.24) is 5.32 Å². The molecule has 3 nitrogen and oxygen atoms in total. The highest BCUT2D eigenvalue weighted by atomic mass is 16.5. The van der Waals surface area contributed by atoms with Gasteiger partial charge in [0.15, 0.2) is 0 Å². The van der Waals surface area contributed by atoms with Crippen LogP contribution < -0.4 is 5.32 Å². The summed E-state index contributed by atoms with van der Waals surface area (Å²) in [6, 6.07) is 0. The molecule has 1 N–H and O–H groups in total. The van der Waals surface area contributed by atoms with Crippen molar-refractivity contribution in [1.29, 1.82) is 0 Å². The maximum absolute atomic E-state index is 10.9. The van der Waals surface area contributed by atoms with E-state index in [0.717, 1.165) is 13.0 Å². The van der Waals surface area contributed by atoms with Crippen LogP contribution >= 0.6 is 0 Å². The lowest BCUT2D eigenvalue weighted by molar-refractivity contribution is -0.139. The molecular formula is C21H43NO2. The zero-order valence-electron chi connectivity index (χ0n) is 16.5. The van der Waals surface area contributed by atoms with Gasteiger partial charge in [0, 0.05) is 0 Å². The molecule has 0 atom stereocenters. The third-order valence-electron chi connectivity index (χ3n) is 4.70. The molecule has 0 unspecified atom stereocenters. The molecule has 0 aromatic heterocycles. The minimum absolute atomic E-state index is 0.175. The normalized spacial score (nSPS) is 10.9. The molecule has 0 amide bonds. The molecule has 0 fully saturated rings. The second-order valence-corrected chi connectivity index (χ2v) is 7.06. The summed E-state index contributed by atoms with van der Waals surface area (Å²) in [5, 5.41) is 3.11. The number of ether oxygens (including phenoxy) is 1. The number of methoxy groups -OCH3 is 1. The van der Waals surface area contributed by atoms with Crippen LogP contribution in [-0.2, 0) is 9.53 Å². The Morgan fingerprint density at radius 2 is 1.04 bits per heavy atom. The molecule has 0 heterocycles. The van der Waals surface area contributed by atoms with Gasteiger partial charge in [0.25, 0.3) is 0 Å². The number of esters is 1. The van der Waals surface area contributed by atoms with Crippen molar-refractivity contribution in [3.8, 4) is 0 Å². The molecule has 0 aromatic carbocycles. The number of carbonyl (C=O) groups excluding carboxylic acids is 1. The van der Waals surface area contributed by atoms with Gasteiger partial charge in [-0.3, -0.25) is 4.79 Å². The minimum atomic E-state index is -0.175. The lowest BCUT2D eigenvalue weighted by Gasteiger charge is -2.04. The van der Waals surface area contributed by atoms with E-state index < -0.39 is 0 Å². The van der Waals surface area contributed by atoms with Crippen LogP contribution in [0, 0.1) is 0 Å². The van der Waals surface area contributed by atoms with Crippen molar-refractivity contribution in [2.75, 3.05) is 20.2 Å². The van der Waals surface area contributed by atoms with Crippen LogP contribution in [0.2, 0.25) is 0 Å². The molecular weight excluding hydrogens is 298 g/mol. The third-order valence-corrected chi connectivity index (χ3v) is 4.70. The Balaban J connectivity index is 2.99. The van der Waals surface area contributed by atoms with Gasteiger partial charge in [0.2, 0.25) is 0 Å². The lowest BCUT2D eigenvalue weighted by atomic mass is 10.0. The summed E-state index contributed by atoms with van der Waals surface area (Å²) in [4.78, 5) is 10.9. The number of nitrogens with one attached hydrogen (secondary N) is 1. The summed E-state index contributed by atoms with van der Waals surface area (Å²) >= 11 is 0. The SMILES string of the molecule is CCCCCCCCCCCCCCCCCCNCC(=O)OC. The average molecular weight is 342 g/mol. The smallest absolute Gasteiger partial charge is 0.319 e. The highest BCUT2D eigenvalue weighted by molar-refractivity contribution is 5.71. The molecule has 24 heavy (non-hydrogen) atoms. The van der Waals surface area contributed by atoms with E-state index in [9.17, 15) is 4.79 Å². The number of hydrogen-bond donors (Lipinski definition) is 1. The molecule has 144 valence electrons. The molecule has 3 heteroatoms. The van der Waals surface area contributed by atoms with Gasteiger partial charge >= 0.3 is 5.97 Å². The maximum Gasteiger partial charge on any atom is 0.319 e. The molecule has 0 rings (SSSR count). The van der Waals surface area contributed by atoms with Crippen molar-refractivity contribution < 1.29 is 9.53 Å². The molecule has 0 saturated heterocycles. The fourth-order valence-corrected chi connectivity index (χ4v) is 3.06. The summed E-state index contributed by atoms with van der Waals surface area (Å²) in [5.41, 5.74) is 0. The van der Waals surface area contributed by atoms with Crippen molar-refractivity contribution in [3.63, 3.8) is 0 Å². The van der Waals surface area contributed by atoms with Gasteiger partial charge in [-0.05, 0) is 13.0 Å². The summed E-state index contributed by atoms with van der Waals surface area (Å²) in [6.45, 7) is 3.55. The summed E-state index contributed by atoms with van der Waals surface area (Å²) < 4.78 is 4.58. The van der Waals surface area contributed by atoms with Gasteiger partial charge < -0.3 is 10.1 Å². The Labute approximate surface area is 151 Å². The van der Waals surface area contributed by atoms with Crippen molar-refractivity contribution in [2.45, 2.75) is 110 Å². The van der Waals surface area contributed by atoms with E-state index in [1.54, 1.807) is 0 Å². The van der Waals surface area contributed by atoms with Crippen molar-refractivity contribution >= 4 is 5.97 Å². The first-order valence-electron chi connectivity index (χ1n) is 10.6. The predicted molar refractivity (Wildman–Crippen MR) is 104 cm³/mol. The molecule has 0 aromatic rings. The predicted octanol–water partition coefficient (Wildman–Crippen LogP) is 6.01. The largest absolute Gasteiger partial charge is 0.468 e. The molecule has 0 aliphatic rings. The highest BCUT2D eigenvalue weighted by Gasteiger charge is 1.98. The Morgan fingerprint density at radius 1 is 0.667 bits per heavy atom. The van der Waals surface area contributed by atoms with E-state index in [1.165, 1.54) is 103 Å². The molecule has 0 aliphatic carbocycles. The van der Waals surface area contributed by atoms with Crippen LogP contribution in [0.3, 0.4) is 0 Å². The summed E-state index contributed by atoms with van der Waals surface area (Å²) in [7, 11) is 1.43. The van der Waals surface area contributed by atoms with E-state index in [0.29, 0.717) is 6.54 Å². The quantitative estimate of drug-likeness (QED) is 0.231. The van der Waals surface area contributed by atoms with Crippen LogP contribution in [0.25, 0.3) is 0 Å². The number of unbranched alkanes of at least 4 members (excludes halogenated alkanes) is 15. The van der Waals surface area contributed by atoms with Crippen molar-refractivity contribution in [2.24, 2.45) is 0 Å². The number of rotatable bonds is 19. The first-order chi connectivity index (χ1) is 11.8. The lowest BCUT2D eigenvalue weighted by Crippen LogP contribution is -2.24. The monoisotopic (exact) mass is 341 g/mol. The van der Waals surface area contributed by atoms with Gasteiger partial charge in [0.05, 0.1) is 13.7 Å². The molecule has 0 aliphatic heterocycles. The van der Waals surface area contributed by atoms with Crippen molar-refractivity contribution in [3.05, 3.63) is 0 Å². The maximum atomic E-state index is 10.9. The van der Waals surface area contributed by atoms with Gasteiger partial charge in [-0.2, -0.15) is 0 Å². The van der Waals surface area contributed by atoms with Gasteiger partial charge in [-0.1, -0.05) is 103 Å². The summed E-state index contributed by atoms with van der Waals surface area (Å²) in [6.07, 6.45) is 22.3. The molecule has 0 radical (unpaired) electrons. The zero-order chi connectivity index (χ0) is 17.7. The van der Waals surface area contributed by atoms with E-state index in [-0.39, 0.29) is 5.97 Å². The zero-order valence-corrected chi connectivity index (χ0v) is 16.5. The van der Waals surface area contributed by atoms with E-state index in [4.69, 9.17) is 0 Å².